The van der Waals surface area contributed by atoms with Crippen LogP contribution in [0.25, 0.3) is 0 Å². The molecule has 0 saturated heterocycles. The van der Waals surface area contributed by atoms with Gasteiger partial charge in [0.15, 0.2) is 17.6 Å². The number of nitrogens with one attached hydrogen (secondary N) is 2. The molecule has 0 atom stereocenters. The maximum Gasteiger partial charge on any atom is 0.191 e. The van der Waals surface area contributed by atoms with Gasteiger partial charge in [-0.15, -0.1) is 24.0 Å². The zero-order valence-electron chi connectivity index (χ0n) is 14.6. The molecule has 0 amide bonds. The van der Waals surface area contributed by atoms with Gasteiger partial charge < -0.3 is 20.1 Å². The first-order chi connectivity index (χ1) is 12.1. The minimum Gasteiger partial charge on any atom is -0.496 e. The summed E-state index contributed by atoms with van der Waals surface area (Å²) in [7, 11) is 3.29. The molecule has 0 aliphatic rings. The van der Waals surface area contributed by atoms with Crippen LogP contribution in [0.15, 0.2) is 47.5 Å². The number of rotatable bonds is 7. The van der Waals surface area contributed by atoms with Gasteiger partial charge in [0.1, 0.15) is 18.1 Å². The SMILES string of the molecule is CN=C(NCCOc1ccc(F)c(F)c1)NCc1ccccc1OC.I. The van der Waals surface area contributed by atoms with E-state index in [1.807, 2.05) is 24.3 Å². The minimum atomic E-state index is -0.931. The van der Waals surface area contributed by atoms with E-state index in [-0.39, 0.29) is 36.3 Å². The molecule has 0 saturated carbocycles. The molecular weight excluding hydrogens is 455 g/mol. The van der Waals surface area contributed by atoms with Gasteiger partial charge in [-0.2, -0.15) is 0 Å². The molecule has 0 aliphatic carbocycles. The number of hydrogen-bond donors (Lipinski definition) is 2. The normalized spacial score (nSPS) is 10.7. The number of aliphatic imine (C=N–C) groups is 1. The van der Waals surface area contributed by atoms with E-state index in [1.54, 1.807) is 14.2 Å². The molecule has 2 rings (SSSR count). The molecule has 2 aromatic rings. The summed E-state index contributed by atoms with van der Waals surface area (Å²) in [4.78, 5) is 4.12. The Morgan fingerprint density at radius 1 is 1.08 bits per heavy atom. The molecule has 2 aromatic carbocycles. The molecule has 0 unspecified atom stereocenters. The van der Waals surface area contributed by atoms with E-state index in [0.717, 1.165) is 23.4 Å². The van der Waals surface area contributed by atoms with E-state index in [9.17, 15) is 8.78 Å². The number of halogens is 3. The number of hydrogen-bond acceptors (Lipinski definition) is 3. The third kappa shape index (κ3) is 6.66. The summed E-state index contributed by atoms with van der Waals surface area (Å²) in [5.41, 5.74) is 1.01. The number of ether oxygens (including phenoxy) is 2. The fourth-order valence-electron chi connectivity index (χ4n) is 2.15. The number of nitrogens with zero attached hydrogens (tertiary/aromatic N) is 1. The summed E-state index contributed by atoms with van der Waals surface area (Å²) in [6, 6.07) is 11.1. The first-order valence-corrected chi connectivity index (χ1v) is 7.78. The first-order valence-electron chi connectivity index (χ1n) is 7.78. The van der Waals surface area contributed by atoms with E-state index in [0.29, 0.717) is 19.0 Å². The van der Waals surface area contributed by atoms with Crippen LogP contribution in [0.1, 0.15) is 5.56 Å². The smallest absolute Gasteiger partial charge is 0.191 e. The van der Waals surface area contributed by atoms with Crippen LogP contribution in [0.5, 0.6) is 11.5 Å². The van der Waals surface area contributed by atoms with Gasteiger partial charge in [-0.1, -0.05) is 18.2 Å². The van der Waals surface area contributed by atoms with Crippen LogP contribution in [0.2, 0.25) is 0 Å². The summed E-state index contributed by atoms with van der Waals surface area (Å²) < 4.78 is 36.6. The largest absolute Gasteiger partial charge is 0.496 e. The van der Waals surface area contributed by atoms with Gasteiger partial charge >= 0.3 is 0 Å². The van der Waals surface area contributed by atoms with Gasteiger partial charge in [0.05, 0.1) is 13.7 Å². The molecule has 0 spiro atoms. The van der Waals surface area contributed by atoms with Crippen molar-refractivity contribution >= 4 is 29.9 Å². The van der Waals surface area contributed by atoms with Crippen LogP contribution < -0.4 is 20.1 Å². The zero-order valence-corrected chi connectivity index (χ0v) is 16.9. The molecule has 0 heterocycles. The molecular formula is C18H22F2IN3O2. The van der Waals surface area contributed by atoms with Gasteiger partial charge in [-0.3, -0.25) is 4.99 Å². The lowest BCUT2D eigenvalue weighted by atomic mass is 10.2. The van der Waals surface area contributed by atoms with Crippen LogP contribution in [-0.4, -0.2) is 33.3 Å². The van der Waals surface area contributed by atoms with Gasteiger partial charge in [0.25, 0.3) is 0 Å². The van der Waals surface area contributed by atoms with E-state index < -0.39 is 11.6 Å². The maximum atomic E-state index is 13.1. The molecule has 26 heavy (non-hydrogen) atoms. The second-order valence-corrected chi connectivity index (χ2v) is 5.09. The molecule has 0 bridgehead atoms. The van der Waals surface area contributed by atoms with Gasteiger partial charge in [0.2, 0.25) is 0 Å². The van der Waals surface area contributed by atoms with Crippen molar-refractivity contribution in [1.29, 1.82) is 0 Å². The first kappa shape index (κ1) is 21.9. The lowest BCUT2D eigenvalue weighted by molar-refractivity contribution is 0.318. The van der Waals surface area contributed by atoms with Crippen molar-refractivity contribution in [2.45, 2.75) is 6.54 Å². The molecule has 0 aliphatic heterocycles. The van der Waals surface area contributed by atoms with Gasteiger partial charge in [0, 0.05) is 25.2 Å². The monoisotopic (exact) mass is 477 g/mol. The highest BCUT2D eigenvalue weighted by molar-refractivity contribution is 14.0. The molecule has 8 heteroatoms. The summed E-state index contributed by atoms with van der Waals surface area (Å²) in [5, 5.41) is 6.25. The average molecular weight is 477 g/mol. The van der Waals surface area contributed by atoms with Crippen LogP contribution >= 0.6 is 24.0 Å². The Bertz CT molecular complexity index is 729. The number of benzene rings is 2. The summed E-state index contributed by atoms with van der Waals surface area (Å²) in [6.45, 7) is 1.28. The van der Waals surface area contributed by atoms with Crippen LogP contribution in [-0.2, 0) is 6.54 Å². The average Bonchev–Trinajstić information content (AvgIpc) is 2.64. The third-order valence-electron chi connectivity index (χ3n) is 3.42. The van der Waals surface area contributed by atoms with Crippen LogP contribution in [0.4, 0.5) is 8.78 Å². The Morgan fingerprint density at radius 3 is 2.54 bits per heavy atom. The predicted molar refractivity (Wildman–Crippen MR) is 108 cm³/mol. The van der Waals surface area contributed by atoms with E-state index >= 15 is 0 Å². The molecule has 142 valence electrons. The van der Waals surface area contributed by atoms with Gasteiger partial charge in [-0.25, -0.2) is 8.78 Å². The van der Waals surface area contributed by atoms with Gasteiger partial charge in [-0.05, 0) is 18.2 Å². The van der Waals surface area contributed by atoms with Crippen molar-refractivity contribution in [2.75, 3.05) is 27.3 Å². The lowest BCUT2D eigenvalue weighted by Crippen LogP contribution is -2.38. The fraction of sp³-hybridized carbons (Fsp3) is 0.278. The number of para-hydroxylation sites is 1. The standard InChI is InChI=1S/C18H21F2N3O2.HI/c1-21-18(23-12-13-5-3-4-6-17(13)24-2)22-9-10-25-14-7-8-15(19)16(20)11-14;/h3-8,11H,9-10,12H2,1-2H3,(H2,21,22,23);1H. The molecule has 0 aromatic heterocycles. The van der Waals surface area contributed by atoms with E-state index in [4.69, 9.17) is 9.47 Å². The Labute approximate surface area is 168 Å². The van der Waals surface area contributed by atoms with Crippen molar-refractivity contribution in [1.82, 2.24) is 10.6 Å². The Balaban J connectivity index is 0.00000338. The van der Waals surface area contributed by atoms with E-state index in [1.165, 1.54) is 6.07 Å². The summed E-state index contributed by atoms with van der Waals surface area (Å²) >= 11 is 0. The molecule has 0 fully saturated rings. The predicted octanol–water partition coefficient (Wildman–Crippen LogP) is 3.34. The Morgan fingerprint density at radius 2 is 1.85 bits per heavy atom. The second kappa shape index (κ2) is 11.5. The summed E-state index contributed by atoms with van der Waals surface area (Å²) in [6.07, 6.45) is 0. The molecule has 2 N–H and O–H groups in total. The highest BCUT2D eigenvalue weighted by Gasteiger charge is 2.05. The van der Waals surface area contributed by atoms with Crippen molar-refractivity contribution in [3.63, 3.8) is 0 Å². The topological polar surface area (TPSA) is 54.9 Å². The molecule has 0 radical (unpaired) electrons. The van der Waals surface area contributed by atoms with Crippen molar-refractivity contribution < 1.29 is 18.3 Å². The summed E-state index contributed by atoms with van der Waals surface area (Å²) in [5.74, 6) is -0.157. The number of methoxy groups -OCH3 is 1. The van der Waals surface area contributed by atoms with Crippen molar-refractivity contribution in [2.24, 2.45) is 4.99 Å². The Kier molecular flexibility index (Phi) is 9.71. The van der Waals surface area contributed by atoms with Crippen molar-refractivity contribution in [3.8, 4) is 11.5 Å². The van der Waals surface area contributed by atoms with E-state index in [2.05, 4.69) is 15.6 Å². The Hall–Kier alpha value is -2.10. The minimum absolute atomic E-state index is 0. The maximum absolute atomic E-state index is 13.1. The van der Waals surface area contributed by atoms with Crippen LogP contribution in [0, 0.1) is 11.6 Å². The molecule has 5 nitrogen and oxygen atoms in total. The number of guanidine groups is 1. The quantitative estimate of drug-likeness (QED) is 0.278. The third-order valence-corrected chi connectivity index (χ3v) is 3.42. The zero-order chi connectivity index (χ0) is 18.1. The highest BCUT2D eigenvalue weighted by Crippen LogP contribution is 2.16. The fourth-order valence-corrected chi connectivity index (χ4v) is 2.15. The lowest BCUT2D eigenvalue weighted by Gasteiger charge is -2.14. The second-order valence-electron chi connectivity index (χ2n) is 5.09. The van der Waals surface area contributed by atoms with Crippen LogP contribution in [0.3, 0.4) is 0 Å². The van der Waals surface area contributed by atoms with Crippen molar-refractivity contribution in [3.05, 3.63) is 59.7 Å². The highest BCUT2D eigenvalue weighted by atomic mass is 127.